The Morgan fingerprint density at radius 3 is 3.00 bits per heavy atom. The Hall–Kier alpha value is -2.76. The van der Waals surface area contributed by atoms with Crippen molar-refractivity contribution >= 4 is 22.5 Å². The number of aromatic nitrogens is 2. The summed E-state index contributed by atoms with van der Waals surface area (Å²) in [5, 5.41) is 7.89. The maximum absolute atomic E-state index is 12.6. The molecule has 2 N–H and O–H groups in total. The number of rotatable bonds is 5. The van der Waals surface area contributed by atoms with Gasteiger partial charge in [-0.25, -0.2) is 0 Å². The third-order valence-electron chi connectivity index (χ3n) is 4.23. The average molecular weight is 325 g/mol. The quantitative estimate of drug-likeness (QED) is 0.743. The van der Waals surface area contributed by atoms with E-state index in [-0.39, 0.29) is 5.91 Å². The molecule has 6 heteroatoms. The molecule has 0 unspecified atom stereocenters. The highest BCUT2D eigenvalue weighted by Gasteiger charge is 2.32. The Bertz CT molecular complexity index is 906. The van der Waals surface area contributed by atoms with Gasteiger partial charge in [0.05, 0.1) is 6.61 Å². The summed E-state index contributed by atoms with van der Waals surface area (Å²) in [4.78, 5) is 15.7. The first-order chi connectivity index (χ1) is 11.7. The van der Waals surface area contributed by atoms with Crippen LogP contribution < -0.4 is 10.1 Å². The number of nitrogens with one attached hydrogen (secondary N) is 2. The number of fused-ring (bicyclic) bond motifs is 1. The largest absolute Gasteiger partial charge is 0.494 e. The minimum Gasteiger partial charge on any atom is -0.494 e. The van der Waals surface area contributed by atoms with Gasteiger partial charge in [-0.1, -0.05) is 5.16 Å². The molecule has 0 saturated heterocycles. The standard InChI is InChI=1S/C18H19N3O3/c1-3-23-13-7-6-12-8-15(19-14(12)9-13)18(22)20-16-10(2)21-24-17(16)11-4-5-11/h6-9,11,19H,3-5H2,1-2H3,(H,20,22). The van der Waals surface area contributed by atoms with E-state index in [9.17, 15) is 4.79 Å². The number of H-pyrrole nitrogens is 1. The molecule has 0 aliphatic heterocycles. The third kappa shape index (κ3) is 2.64. The number of aryl methyl sites for hydroxylation is 1. The highest BCUT2D eigenvalue weighted by atomic mass is 16.5. The van der Waals surface area contributed by atoms with Crippen LogP contribution in [0.4, 0.5) is 5.69 Å². The smallest absolute Gasteiger partial charge is 0.272 e. The van der Waals surface area contributed by atoms with Gasteiger partial charge in [0.2, 0.25) is 0 Å². The molecule has 0 spiro atoms. The second kappa shape index (κ2) is 5.70. The van der Waals surface area contributed by atoms with Crippen molar-refractivity contribution in [1.29, 1.82) is 0 Å². The van der Waals surface area contributed by atoms with Crippen LogP contribution in [0, 0.1) is 6.92 Å². The van der Waals surface area contributed by atoms with E-state index in [0.717, 1.165) is 35.3 Å². The van der Waals surface area contributed by atoms with Gasteiger partial charge in [0, 0.05) is 22.9 Å². The Balaban J connectivity index is 1.60. The topological polar surface area (TPSA) is 80.2 Å². The van der Waals surface area contributed by atoms with Crippen LogP contribution in [0.25, 0.3) is 10.9 Å². The van der Waals surface area contributed by atoms with Crippen LogP contribution in [-0.2, 0) is 0 Å². The number of hydrogen-bond donors (Lipinski definition) is 2. The number of aromatic amines is 1. The van der Waals surface area contributed by atoms with Gasteiger partial charge in [-0.05, 0) is 44.9 Å². The summed E-state index contributed by atoms with van der Waals surface area (Å²) < 4.78 is 10.9. The second-order valence-electron chi connectivity index (χ2n) is 6.10. The van der Waals surface area contributed by atoms with E-state index in [1.807, 2.05) is 38.1 Å². The molecule has 3 aromatic rings. The zero-order chi connectivity index (χ0) is 16.7. The fraction of sp³-hybridized carbons (Fsp3) is 0.333. The van der Waals surface area contributed by atoms with Crippen LogP contribution in [0.5, 0.6) is 5.75 Å². The maximum Gasteiger partial charge on any atom is 0.272 e. The zero-order valence-electron chi connectivity index (χ0n) is 13.7. The summed E-state index contributed by atoms with van der Waals surface area (Å²) in [7, 11) is 0. The van der Waals surface area contributed by atoms with Gasteiger partial charge in [-0.15, -0.1) is 0 Å². The molecule has 0 radical (unpaired) electrons. The molecular weight excluding hydrogens is 306 g/mol. The van der Waals surface area contributed by atoms with Crippen molar-refractivity contribution in [2.75, 3.05) is 11.9 Å². The lowest BCUT2D eigenvalue weighted by atomic mass is 10.2. The SMILES string of the molecule is CCOc1ccc2cc(C(=O)Nc3c(C)noc3C3CC3)[nH]c2c1. The van der Waals surface area contributed by atoms with Crippen molar-refractivity contribution in [2.45, 2.75) is 32.6 Å². The Morgan fingerprint density at radius 2 is 2.25 bits per heavy atom. The van der Waals surface area contributed by atoms with Gasteiger partial charge >= 0.3 is 0 Å². The zero-order valence-corrected chi connectivity index (χ0v) is 13.7. The molecule has 1 fully saturated rings. The van der Waals surface area contributed by atoms with Gasteiger partial charge in [0.15, 0.2) is 5.76 Å². The summed E-state index contributed by atoms with van der Waals surface area (Å²) in [6.45, 7) is 4.39. The summed E-state index contributed by atoms with van der Waals surface area (Å²) >= 11 is 0. The Morgan fingerprint density at radius 1 is 1.42 bits per heavy atom. The van der Waals surface area contributed by atoms with E-state index in [1.54, 1.807) is 0 Å². The molecule has 1 aromatic carbocycles. The minimum atomic E-state index is -0.197. The number of amides is 1. The first-order valence-electron chi connectivity index (χ1n) is 8.18. The Labute approximate surface area is 139 Å². The van der Waals surface area contributed by atoms with Gasteiger partial charge < -0.3 is 19.6 Å². The molecule has 1 amide bonds. The first-order valence-corrected chi connectivity index (χ1v) is 8.18. The van der Waals surface area contributed by atoms with Crippen LogP contribution in [0.15, 0.2) is 28.8 Å². The third-order valence-corrected chi connectivity index (χ3v) is 4.23. The van der Waals surface area contributed by atoms with Gasteiger partial charge in [0.25, 0.3) is 5.91 Å². The number of carbonyl (C=O) groups excluding carboxylic acids is 1. The number of ether oxygens (including phenoxy) is 1. The Kier molecular flexibility index (Phi) is 3.52. The maximum atomic E-state index is 12.6. The number of benzene rings is 1. The molecule has 0 bridgehead atoms. The van der Waals surface area contributed by atoms with E-state index in [2.05, 4.69) is 15.5 Å². The van der Waals surface area contributed by atoms with Crippen molar-refractivity contribution in [3.05, 3.63) is 41.4 Å². The predicted molar refractivity (Wildman–Crippen MR) is 90.6 cm³/mol. The molecule has 1 aliphatic carbocycles. The highest BCUT2D eigenvalue weighted by Crippen LogP contribution is 2.44. The van der Waals surface area contributed by atoms with Gasteiger partial charge in [0.1, 0.15) is 22.8 Å². The van der Waals surface area contributed by atoms with E-state index in [4.69, 9.17) is 9.26 Å². The van der Waals surface area contributed by atoms with E-state index in [1.165, 1.54) is 0 Å². The first kappa shape index (κ1) is 14.8. The summed E-state index contributed by atoms with van der Waals surface area (Å²) in [5.41, 5.74) is 2.78. The molecule has 6 nitrogen and oxygen atoms in total. The van der Waals surface area contributed by atoms with Crippen LogP contribution in [0.3, 0.4) is 0 Å². The minimum absolute atomic E-state index is 0.197. The molecule has 0 atom stereocenters. The van der Waals surface area contributed by atoms with E-state index in [0.29, 0.717) is 29.6 Å². The lowest BCUT2D eigenvalue weighted by molar-refractivity contribution is 0.102. The lowest BCUT2D eigenvalue weighted by Gasteiger charge is -2.03. The molecule has 124 valence electrons. The average Bonchev–Trinajstić information content (AvgIpc) is 3.22. The van der Waals surface area contributed by atoms with Gasteiger partial charge in [-0.2, -0.15) is 0 Å². The van der Waals surface area contributed by atoms with E-state index >= 15 is 0 Å². The lowest BCUT2D eigenvalue weighted by Crippen LogP contribution is -2.13. The van der Waals surface area contributed by atoms with Crippen molar-refractivity contribution in [1.82, 2.24) is 10.1 Å². The molecule has 2 heterocycles. The molecule has 24 heavy (non-hydrogen) atoms. The second-order valence-corrected chi connectivity index (χ2v) is 6.10. The van der Waals surface area contributed by atoms with Crippen LogP contribution in [-0.4, -0.2) is 22.7 Å². The van der Waals surface area contributed by atoms with Crippen molar-refractivity contribution in [3.63, 3.8) is 0 Å². The van der Waals surface area contributed by atoms with E-state index < -0.39 is 0 Å². The summed E-state index contributed by atoms with van der Waals surface area (Å²) in [6.07, 6.45) is 2.17. The summed E-state index contributed by atoms with van der Waals surface area (Å²) in [6, 6.07) is 7.57. The molecule has 2 aromatic heterocycles. The number of hydrogen-bond acceptors (Lipinski definition) is 4. The van der Waals surface area contributed by atoms with Crippen LogP contribution >= 0.6 is 0 Å². The van der Waals surface area contributed by atoms with Crippen molar-refractivity contribution in [3.8, 4) is 5.75 Å². The molecule has 1 aliphatic rings. The van der Waals surface area contributed by atoms with Crippen molar-refractivity contribution in [2.24, 2.45) is 0 Å². The predicted octanol–water partition coefficient (Wildman–Crippen LogP) is 3.99. The molecule has 4 rings (SSSR count). The van der Waals surface area contributed by atoms with Crippen molar-refractivity contribution < 1.29 is 14.1 Å². The highest BCUT2D eigenvalue weighted by molar-refractivity contribution is 6.06. The van der Waals surface area contributed by atoms with Gasteiger partial charge in [-0.3, -0.25) is 4.79 Å². The van der Waals surface area contributed by atoms with Crippen LogP contribution in [0.2, 0.25) is 0 Å². The number of nitrogens with zero attached hydrogens (tertiary/aromatic N) is 1. The monoisotopic (exact) mass is 325 g/mol. The number of carbonyl (C=O) groups is 1. The fourth-order valence-electron chi connectivity index (χ4n) is 2.83. The normalized spacial score (nSPS) is 14.1. The summed E-state index contributed by atoms with van der Waals surface area (Å²) in [5.74, 6) is 1.76. The van der Waals surface area contributed by atoms with Crippen LogP contribution in [0.1, 0.15) is 47.6 Å². The fourth-order valence-corrected chi connectivity index (χ4v) is 2.83. The number of anilines is 1. The molecule has 1 saturated carbocycles. The molecular formula is C18H19N3O3.